The molecule has 0 spiro atoms. The zero-order valence-electron chi connectivity index (χ0n) is 12.4. The van der Waals surface area contributed by atoms with Gasteiger partial charge in [0, 0.05) is 0 Å². The minimum absolute atomic E-state index is 0.0866. The van der Waals surface area contributed by atoms with Crippen molar-refractivity contribution in [3.63, 3.8) is 0 Å². The Kier molecular flexibility index (Phi) is 3.60. The van der Waals surface area contributed by atoms with Crippen molar-refractivity contribution in [3.05, 3.63) is 29.8 Å². The number of fused-ring (bicyclic) bond motifs is 1. The maximum atomic E-state index is 12.5. The van der Waals surface area contributed by atoms with E-state index in [4.69, 9.17) is 14.2 Å². The number of rotatable bonds is 3. The highest BCUT2D eigenvalue weighted by Crippen LogP contribution is 2.36. The molecule has 0 aliphatic carbocycles. The number of hydrogen-bond donors (Lipinski definition) is 0. The van der Waals surface area contributed by atoms with Gasteiger partial charge in [0.2, 0.25) is 0 Å². The lowest BCUT2D eigenvalue weighted by molar-refractivity contribution is -0.172. The Morgan fingerprint density at radius 3 is 2.52 bits per heavy atom. The first-order valence-corrected chi connectivity index (χ1v) is 8.69. The summed E-state index contributed by atoms with van der Waals surface area (Å²) < 4.78 is 42.0. The average molecular weight is 312 g/mol. The Morgan fingerprint density at radius 1 is 1.19 bits per heavy atom. The van der Waals surface area contributed by atoms with E-state index in [1.807, 2.05) is 20.8 Å². The van der Waals surface area contributed by atoms with Crippen molar-refractivity contribution < 1.29 is 22.6 Å². The molecule has 0 N–H and O–H groups in total. The van der Waals surface area contributed by atoms with Gasteiger partial charge in [0.1, 0.15) is 18.3 Å². The van der Waals surface area contributed by atoms with Crippen LogP contribution in [-0.4, -0.2) is 44.9 Å². The van der Waals surface area contributed by atoms with Gasteiger partial charge in [-0.15, -0.1) is 0 Å². The predicted octanol–water partition coefficient (Wildman–Crippen LogP) is 1.69. The van der Waals surface area contributed by atoms with Gasteiger partial charge in [-0.3, -0.25) is 0 Å². The quantitative estimate of drug-likeness (QED) is 0.850. The molecule has 2 fully saturated rings. The maximum Gasteiger partial charge on any atom is 0.181 e. The van der Waals surface area contributed by atoms with Gasteiger partial charge in [-0.2, -0.15) is 0 Å². The Morgan fingerprint density at radius 2 is 1.86 bits per heavy atom. The van der Waals surface area contributed by atoms with E-state index < -0.39 is 21.7 Å². The van der Waals surface area contributed by atoms with Crippen molar-refractivity contribution in [2.75, 3.05) is 12.4 Å². The minimum atomic E-state index is -3.40. The van der Waals surface area contributed by atoms with Crippen LogP contribution in [0.1, 0.15) is 19.4 Å². The second-order valence-corrected chi connectivity index (χ2v) is 8.14. The first-order chi connectivity index (χ1) is 9.77. The van der Waals surface area contributed by atoms with Crippen molar-refractivity contribution in [2.24, 2.45) is 0 Å². The van der Waals surface area contributed by atoms with E-state index in [-0.39, 0.29) is 18.0 Å². The van der Waals surface area contributed by atoms with Gasteiger partial charge >= 0.3 is 0 Å². The molecule has 2 aliphatic rings. The van der Waals surface area contributed by atoms with Crippen LogP contribution >= 0.6 is 0 Å². The van der Waals surface area contributed by atoms with Gasteiger partial charge in [-0.1, -0.05) is 17.7 Å². The highest BCUT2D eigenvalue weighted by Gasteiger charge is 2.51. The summed E-state index contributed by atoms with van der Waals surface area (Å²) in [6.07, 6.45) is -0.985. The summed E-state index contributed by atoms with van der Waals surface area (Å²) in [5.41, 5.74) is 1.03. The molecule has 0 saturated carbocycles. The smallest absolute Gasteiger partial charge is 0.181 e. The number of benzene rings is 1. The van der Waals surface area contributed by atoms with E-state index in [1.54, 1.807) is 24.3 Å². The molecule has 1 aromatic carbocycles. The molecule has 2 aliphatic heterocycles. The Bertz CT molecular complexity index is 620. The molecule has 0 aromatic heterocycles. The molecule has 2 saturated heterocycles. The monoisotopic (exact) mass is 312 g/mol. The maximum absolute atomic E-state index is 12.5. The number of sulfone groups is 1. The second kappa shape index (κ2) is 5.05. The van der Waals surface area contributed by atoms with Crippen LogP contribution in [0, 0.1) is 6.92 Å². The summed E-state index contributed by atoms with van der Waals surface area (Å²) in [5.74, 6) is -0.762. The van der Waals surface area contributed by atoms with E-state index in [0.717, 1.165) is 5.56 Å². The second-order valence-electron chi connectivity index (χ2n) is 6.10. The minimum Gasteiger partial charge on any atom is -0.372 e. The lowest BCUT2D eigenvalue weighted by atomic mass is 10.2. The van der Waals surface area contributed by atoms with Crippen LogP contribution in [0.25, 0.3) is 0 Å². The number of ether oxygens (including phenoxy) is 3. The van der Waals surface area contributed by atoms with E-state index in [1.165, 1.54) is 0 Å². The van der Waals surface area contributed by atoms with Gasteiger partial charge in [-0.25, -0.2) is 8.42 Å². The van der Waals surface area contributed by atoms with Crippen LogP contribution in [0.5, 0.6) is 0 Å². The van der Waals surface area contributed by atoms with Crippen molar-refractivity contribution in [1.82, 2.24) is 0 Å². The van der Waals surface area contributed by atoms with Crippen molar-refractivity contribution >= 4 is 9.84 Å². The molecule has 5 nitrogen and oxygen atoms in total. The fourth-order valence-electron chi connectivity index (χ4n) is 2.82. The zero-order chi connectivity index (χ0) is 15.3. The zero-order valence-corrected chi connectivity index (χ0v) is 13.2. The third kappa shape index (κ3) is 2.99. The van der Waals surface area contributed by atoms with Crippen LogP contribution < -0.4 is 0 Å². The number of aryl methyl sites for hydroxylation is 1. The Hall–Kier alpha value is -0.950. The third-order valence-electron chi connectivity index (χ3n) is 3.83. The first kappa shape index (κ1) is 15.0. The summed E-state index contributed by atoms with van der Waals surface area (Å²) >= 11 is 0. The molecule has 6 heteroatoms. The van der Waals surface area contributed by atoms with Crippen molar-refractivity contribution in [2.45, 2.75) is 49.8 Å². The summed E-state index contributed by atoms with van der Waals surface area (Å²) in [5, 5.41) is 0. The largest absolute Gasteiger partial charge is 0.372 e. The van der Waals surface area contributed by atoms with Gasteiger partial charge in [-0.05, 0) is 32.9 Å². The molecular formula is C15H20O5S. The van der Waals surface area contributed by atoms with Gasteiger partial charge in [0.15, 0.2) is 15.6 Å². The van der Waals surface area contributed by atoms with Crippen molar-refractivity contribution in [1.29, 1.82) is 0 Å². The fraction of sp³-hybridized carbons (Fsp3) is 0.600. The molecule has 2 heterocycles. The van der Waals surface area contributed by atoms with Gasteiger partial charge in [0.05, 0.1) is 17.3 Å². The van der Waals surface area contributed by atoms with E-state index in [2.05, 4.69) is 0 Å². The average Bonchev–Trinajstić information content (AvgIpc) is 2.86. The van der Waals surface area contributed by atoms with Gasteiger partial charge < -0.3 is 14.2 Å². The Labute approximate surface area is 125 Å². The van der Waals surface area contributed by atoms with E-state index in [0.29, 0.717) is 11.5 Å². The van der Waals surface area contributed by atoms with Gasteiger partial charge in [0.25, 0.3) is 0 Å². The topological polar surface area (TPSA) is 61.8 Å². The van der Waals surface area contributed by atoms with E-state index in [9.17, 15) is 8.42 Å². The van der Waals surface area contributed by atoms with Crippen LogP contribution in [0.4, 0.5) is 0 Å². The predicted molar refractivity (Wildman–Crippen MR) is 76.8 cm³/mol. The highest BCUT2D eigenvalue weighted by molar-refractivity contribution is 7.91. The van der Waals surface area contributed by atoms with Crippen LogP contribution in [0.2, 0.25) is 0 Å². The molecule has 0 bridgehead atoms. The fourth-order valence-corrected chi connectivity index (χ4v) is 4.28. The summed E-state index contributed by atoms with van der Waals surface area (Å²) in [7, 11) is -3.40. The SMILES string of the molecule is Cc1ccc(S(=O)(=O)C[C@H]2OC[C@H]3OC(C)(C)O[C@H]23)cc1. The molecule has 3 atom stereocenters. The Balaban J connectivity index is 1.76. The summed E-state index contributed by atoms with van der Waals surface area (Å²) in [4.78, 5) is 0.318. The molecule has 116 valence electrons. The lowest BCUT2D eigenvalue weighted by Gasteiger charge is -2.21. The number of hydrogen-bond acceptors (Lipinski definition) is 5. The summed E-state index contributed by atoms with van der Waals surface area (Å²) in [6, 6.07) is 6.85. The van der Waals surface area contributed by atoms with Crippen LogP contribution in [0.15, 0.2) is 29.2 Å². The lowest BCUT2D eigenvalue weighted by Crippen LogP contribution is -2.34. The molecule has 0 amide bonds. The third-order valence-corrected chi connectivity index (χ3v) is 5.58. The van der Waals surface area contributed by atoms with Crippen LogP contribution in [-0.2, 0) is 24.0 Å². The molecule has 3 rings (SSSR count). The molecule has 1 aromatic rings. The standard InChI is InChI=1S/C15H20O5S/c1-10-4-6-11(7-5-10)21(16,17)9-13-14-12(8-18-13)19-15(2,3)20-14/h4-7,12-14H,8-9H2,1-3H3/t12-,13-,14+/m1/s1. The summed E-state index contributed by atoms with van der Waals surface area (Å²) in [6.45, 7) is 5.96. The normalized spacial score (nSPS) is 31.3. The molecule has 0 radical (unpaired) electrons. The molecule has 0 unspecified atom stereocenters. The first-order valence-electron chi connectivity index (χ1n) is 7.03. The molecular weight excluding hydrogens is 292 g/mol. The van der Waals surface area contributed by atoms with E-state index >= 15 is 0 Å². The van der Waals surface area contributed by atoms with Crippen molar-refractivity contribution in [3.8, 4) is 0 Å². The van der Waals surface area contributed by atoms with Crippen LogP contribution in [0.3, 0.4) is 0 Å². The highest BCUT2D eigenvalue weighted by atomic mass is 32.2. The molecule has 21 heavy (non-hydrogen) atoms.